The van der Waals surface area contributed by atoms with Crippen molar-refractivity contribution in [3.63, 3.8) is 0 Å². The zero-order valence-corrected chi connectivity index (χ0v) is 16.0. The van der Waals surface area contributed by atoms with Crippen LogP contribution in [0.2, 0.25) is 0 Å². The van der Waals surface area contributed by atoms with E-state index in [0.717, 1.165) is 16.2 Å². The Balaban J connectivity index is 0.00000192. The molecule has 0 fully saturated rings. The third-order valence-electron chi connectivity index (χ3n) is 3.44. The first-order valence-corrected chi connectivity index (χ1v) is 8.33. The van der Waals surface area contributed by atoms with Crippen LogP contribution in [0.5, 0.6) is 0 Å². The summed E-state index contributed by atoms with van der Waals surface area (Å²) in [6, 6.07) is 17.0. The monoisotopic (exact) mass is 354 g/mol. The molecule has 0 heterocycles. The van der Waals surface area contributed by atoms with Gasteiger partial charge in [0.15, 0.2) is 0 Å². The van der Waals surface area contributed by atoms with Crippen LogP contribution in [0, 0.1) is 0 Å². The fourth-order valence-electron chi connectivity index (χ4n) is 2.40. The predicted octanol–water partition coefficient (Wildman–Crippen LogP) is 4.12. The molecule has 116 valence electrons. The minimum absolute atomic E-state index is 0. The molecule has 0 aliphatic carbocycles. The Hall–Kier alpha value is -0.910. The summed E-state index contributed by atoms with van der Waals surface area (Å²) in [6.45, 7) is 5.39. The van der Waals surface area contributed by atoms with Crippen LogP contribution in [-0.4, -0.2) is 52.8 Å². The Bertz CT molecular complexity index is 988. The standard InChI is InChI=1S/C18H16O3S.Ca.2H/c1-13(2)12-21-22(19,20)18-9-5-8-16-10-14-6-3-4-7-15(14)11-17(16)18;;;/h3-11H,1,12H2,2H3;;;/q;+2;2*-1. The van der Waals surface area contributed by atoms with Gasteiger partial charge < -0.3 is 2.85 Å². The van der Waals surface area contributed by atoms with Gasteiger partial charge in [-0.3, -0.25) is 4.18 Å². The molecular weight excluding hydrogens is 336 g/mol. The summed E-state index contributed by atoms with van der Waals surface area (Å²) in [4.78, 5) is 0.192. The summed E-state index contributed by atoms with van der Waals surface area (Å²) in [7, 11) is -3.81. The molecule has 3 nitrogen and oxygen atoms in total. The van der Waals surface area contributed by atoms with Gasteiger partial charge >= 0.3 is 37.7 Å². The summed E-state index contributed by atoms with van der Waals surface area (Å²) < 4.78 is 29.9. The van der Waals surface area contributed by atoms with Gasteiger partial charge in [0.2, 0.25) is 0 Å². The molecule has 0 atom stereocenters. The zero-order chi connectivity index (χ0) is 15.7. The normalized spacial score (nSPS) is 11.3. The molecule has 0 amide bonds. The van der Waals surface area contributed by atoms with Crippen LogP contribution in [0.1, 0.15) is 9.78 Å². The fraction of sp³-hybridized carbons (Fsp3) is 0.111. The van der Waals surface area contributed by atoms with Crippen LogP contribution < -0.4 is 0 Å². The second-order valence-electron chi connectivity index (χ2n) is 5.35. The average molecular weight is 354 g/mol. The van der Waals surface area contributed by atoms with Crippen molar-refractivity contribution in [2.45, 2.75) is 11.8 Å². The molecule has 3 aromatic carbocycles. The Kier molecular flexibility index (Phi) is 5.87. The molecule has 5 heteroatoms. The van der Waals surface area contributed by atoms with Crippen molar-refractivity contribution in [2.24, 2.45) is 0 Å². The molecule has 0 N–H and O–H groups in total. The van der Waals surface area contributed by atoms with Gasteiger partial charge in [-0.25, -0.2) is 0 Å². The molecule has 0 aliphatic heterocycles. The number of hydrogen-bond acceptors (Lipinski definition) is 3. The topological polar surface area (TPSA) is 43.4 Å². The maximum atomic E-state index is 12.4. The SMILES string of the molecule is C=C(C)COS(=O)(=O)c1cccc2cc3ccccc3cc12.[Ca+2].[H-].[H-]. The van der Waals surface area contributed by atoms with Crippen molar-refractivity contribution in [1.29, 1.82) is 0 Å². The van der Waals surface area contributed by atoms with Gasteiger partial charge in [0.25, 0.3) is 10.1 Å². The average Bonchev–Trinajstić information content (AvgIpc) is 2.50. The van der Waals surface area contributed by atoms with Crippen molar-refractivity contribution < 1.29 is 15.5 Å². The van der Waals surface area contributed by atoms with Crippen LogP contribution in [-0.2, 0) is 14.3 Å². The van der Waals surface area contributed by atoms with E-state index in [0.29, 0.717) is 11.0 Å². The molecule has 0 aliphatic rings. The smallest absolute Gasteiger partial charge is 1.00 e. The van der Waals surface area contributed by atoms with E-state index in [1.807, 2.05) is 42.5 Å². The largest absolute Gasteiger partial charge is 2.00 e. The number of rotatable bonds is 4. The number of benzene rings is 3. The first-order valence-electron chi connectivity index (χ1n) is 6.93. The Morgan fingerprint density at radius 3 is 2.30 bits per heavy atom. The first-order chi connectivity index (χ1) is 10.5. The van der Waals surface area contributed by atoms with Crippen molar-refractivity contribution in [3.8, 4) is 0 Å². The van der Waals surface area contributed by atoms with E-state index in [9.17, 15) is 8.42 Å². The zero-order valence-electron chi connectivity index (χ0n) is 15.0. The van der Waals surface area contributed by atoms with E-state index in [1.165, 1.54) is 0 Å². The van der Waals surface area contributed by atoms with Crippen molar-refractivity contribution in [1.82, 2.24) is 0 Å². The molecule has 0 spiro atoms. The van der Waals surface area contributed by atoms with Crippen LogP contribution in [0.15, 0.2) is 71.6 Å². The summed E-state index contributed by atoms with van der Waals surface area (Å²) in [5.74, 6) is 0. The minimum Gasteiger partial charge on any atom is -1.00 e. The molecule has 0 radical (unpaired) electrons. The Morgan fingerprint density at radius 2 is 1.65 bits per heavy atom. The molecule has 0 unspecified atom stereocenters. The van der Waals surface area contributed by atoms with Gasteiger partial charge in [-0.15, -0.1) is 0 Å². The van der Waals surface area contributed by atoms with Gasteiger partial charge in [0.05, 0.1) is 6.61 Å². The fourth-order valence-corrected chi connectivity index (χ4v) is 3.57. The molecule has 0 aromatic heterocycles. The minimum atomic E-state index is -3.81. The van der Waals surface area contributed by atoms with Gasteiger partial charge in [-0.05, 0) is 41.3 Å². The second-order valence-corrected chi connectivity index (χ2v) is 6.93. The molecule has 23 heavy (non-hydrogen) atoms. The maximum Gasteiger partial charge on any atom is 2.00 e. The third-order valence-corrected chi connectivity index (χ3v) is 4.76. The second kappa shape index (κ2) is 7.32. The van der Waals surface area contributed by atoms with Crippen molar-refractivity contribution in [2.75, 3.05) is 6.61 Å². The molecule has 3 aromatic rings. The van der Waals surface area contributed by atoms with Crippen molar-refractivity contribution >= 4 is 69.4 Å². The summed E-state index contributed by atoms with van der Waals surface area (Å²) in [5, 5.41) is 3.62. The molecule has 0 saturated heterocycles. The molecule has 3 rings (SSSR count). The molecular formula is C18H18CaO3S. The van der Waals surface area contributed by atoms with E-state index in [-0.39, 0.29) is 52.1 Å². The van der Waals surface area contributed by atoms with Gasteiger partial charge in [0, 0.05) is 5.39 Å². The maximum absolute atomic E-state index is 12.4. The summed E-state index contributed by atoms with van der Waals surface area (Å²) >= 11 is 0. The van der Waals surface area contributed by atoms with E-state index < -0.39 is 10.1 Å². The van der Waals surface area contributed by atoms with E-state index >= 15 is 0 Å². The number of fused-ring (bicyclic) bond motifs is 2. The summed E-state index contributed by atoms with van der Waals surface area (Å²) in [6.07, 6.45) is 0. The van der Waals surface area contributed by atoms with Crippen LogP contribution in [0.4, 0.5) is 0 Å². The number of hydrogen-bond donors (Lipinski definition) is 0. The van der Waals surface area contributed by atoms with Crippen LogP contribution in [0.25, 0.3) is 21.5 Å². The van der Waals surface area contributed by atoms with Crippen LogP contribution >= 0.6 is 0 Å². The van der Waals surface area contributed by atoms with Crippen LogP contribution in [0.3, 0.4) is 0 Å². The van der Waals surface area contributed by atoms with Gasteiger partial charge in [-0.1, -0.05) is 48.6 Å². The van der Waals surface area contributed by atoms with Crippen molar-refractivity contribution in [3.05, 3.63) is 66.7 Å². The molecule has 0 saturated carbocycles. The predicted molar refractivity (Wildman–Crippen MR) is 97.4 cm³/mol. The molecule has 0 bridgehead atoms. The van der Waals surface area contributed by atoms with E-state index in [4.69, 9.17) is 4.18 Å². The Morgan fingerprint density at radius 1 is 1.04 bits per heavy atom. The quantitative estimate of drug-likeness (QED) is 0.306. The first kappa shape index (κ1) is 18.4. The van der Waals surface area contributed by atoms with E-state index in [1.54, 1.807) is 19.1 Å². The van der Waals surface area contributed by atoms with Gasteiger partial charge in [-0.2, -0.15) is 8.42 Å². The van der Waals surface area contributed by atoms with Gasteiger partial charge in [0.1, 0.15) is 4.90 Å². The van der Waals surface area contributed by atoms with E-state index in [2.05, 4.69) is 6.58 Å². The Labute approximate surface area is 169 Å². The third kappa shape index (κ3) is 3.95. The summed E-state index contributed by atoms with van der Waals surface area (Å²) in [5.41, 5.74) is 0.661.